The van der Waals surface area contributed by atoms with E-state index in [4.69, 9.17) is 5.11 Å². The summed E-state index contributed by atoms with van der Waals surface area (Å²) >= 11 is 0. The summed E-state index contributed by atoms with van der Waals surface area (Å²) in [5.41, 5.74) is 2.21. The SMILES string of the molecule is Cc1cccc(CNC(=O)NC(C)CCCC(=O)O)c1. The molecule has 20 heavy (non-hydrogen) atoms. The zero-order valence-corrected chi connectivity index (χ0v) is 12.0. The third-order valence-electron chi connectivity index (χ3n) is 2.94. The van der Waals surface area contributed by atoms with Gasteiger partial charge in [0.1, 0.15) is 0 Å². The van der Waals surface area contributed by atoms with Gasteiger partial charge in [0.05, 0.1) is 0 Å². The number of carbonyl (C=O) groups excluding carboxylic acids is 1. The molecule has 110 valence electrons. The molecule has 0 heterocycles. The molecule has 0 radical (unpaired) electrons. The van der Waals surface area contributed by atoms with E-state index in [1.807, 2.05) is 38.1 Å². The summed E-state index contributed by atoms with van der Waals surface area (Å²) in [7, 11) is 0. The van der Waals surface area contributed by atoms with Gasteiger partial charge in [-0.15, -0.1) is 0 Å². The second-order valence-electron chi connectivity index (χ2n) is 5.00. The van der Waals surface area contributed by atoms with E-state index in [1.165, 1.54) is 0 Å². The molecule has 1 rings (SSSR count). The van der Waals surface area contributed by atoms with Gasteiger partial charge in [-0.25, -0.2) is 4.79 Å². The van der Waals surface area contributed by atoms with Gasteiger partial charge in [-0.1, -0.05) is 29.8 Å². The second kappa shape index (κ2) is 8.19. The Labute approximate surface area is 119 Å². The van der Waals surface area contributed by atoms with Crippen molar-refractivity contribution in [2.24, 2.45) is 0 Å². The van der Waals surface area contributed by atoms with Gasteiger partial charge >= 0.3 is 12.0 Å². The molecule has 0 saturated carbocycles. The number of benzene rings is 1. The molecule has 5 nitrogen and oxygen atoms in total. The van der Waals surface area contributed by atoms with Crippen LogP contribution in [0.15, 0.2) is 24.3 Å². The fraction of sp³-hybridized carbons (Fsp3) is 0.467. The maximum Gasteiger partial charge on any atom is 0.315 e. The van der Waals surface area contributed by atoms with E-state index < -0.39 is 5.97 Å². The van der Waals surface area contributed by atoms with Gasteiger partial charge in [0.2, 0.25) is 0 Å². The molecule has 1 aromatic rings. The van der Waals surface area contributed by atoms with E-state index in [-0.39, 0.29) is 18.5 Å². The standard InChI is InChI=1S/C15H22N2O3/c1-11-5-3-7-13(9-11)10-16-15(20)17-12(2)6-4-8-14(18)19/h3,5,7,9,12H,4,6,8,10H2,1-2H3,(H,18,19)(H2,16,17,20). The summed E-state index contributed by atoms with van der Waals surface area (Å²) in [6, 6.07) is 7.69. The van der Waals surface area contributed by atoms with Crippen molar-refractivity contribution < 1.29 is 14.7 Å². The quantitative estimate of drug-likeness (QED) is 0.716. The Bertz CT molecular complexity index is 460. The molecular formula is C15H22N2O3. The number of hydrogen-bond acceptors (Lipinski definition) is 2. The second-order valence-corrected chi connectivity index (χ2v) is 5.00. The molecule has 0 aliphatic heterocycles. The number of hydrogen-bond donors (Lipinski definition) is 3. The van der Waals surface area contributed by atoms with Crippen LogP contribution in [0.3, 0.4) is 0 Å². The van der Waals surface area contributed by atoms with Crippen LogP contribution in [-0.4, -0.2) is 23.1 Å². The lowest BCUT2D eigenvalue weighted by atomic mass is 10.1. The van der Waals surface area contributed by atoms with E-state index in [9.17, 15) is 9.59 Å². The van der Waals surface area contributed by atoms with Crippen molar-refractivity contribution in [3.8, 4) is 0 Å². The fourth-order valence-corrected chi connectivity index (χ4v) is 1.91. The highest BCUT2D eigenvalue weighted by Gasteiger charge is 2.07. The first-order chi connectivity index (χ1) is 9.47. The molecule has 0 spiro atoms. The number of amides is 2. The minimum absolute atomic E-state index is 0.0353. The average Bonchev–Trinajstić information content (AvgIpc) is 2.36. The average molecular weight is 278 g/mol. The van der Waals surface area contributed by atoms with Crippen LogP contribution in [-0.2, 0) is 11.3 Å². The van der Waals surface area contributed by atoms with E-state index in [0.29, 0.717) is 19.4 Å². The molecule has 1 aromatic carbocycles. The van der Waals surface area contributed by atoms with E-state index in [0.717, 1.165) is 11.1 Å². The highest BCUT2D eigenvalue weighted by molar-refractivity contribution is 5.74. The molecule has 1 atom stereocenters. The number of carboxylic acids is 1. The Balaban J connectivity index is 2.24. The van der Waals surface area contributed by atoms with Crippen LogP contribution in [0, 0.1) is 6.92 Å². The Morgan fingerprint density at radius 2 is 2.10 bits per heavy atom. The van der Waals surface area contributed by atoms with E-state index >= 15 is 0 Å². The van der Waals surface area contributed by atoms with Crippen LogP contribution in [0.1, 0.15) is 37.3 Å². The minimum Gasteiger partial charge on any atom is -0.481 e. The normalized spacial score (nSPS) is 11.7. The predicted octanol–water partition coefficient (Wildman–Crippen LogP) is 2.44. The van der Waals surface area contributed by atoms with E-state index in [2.05, 4.69) is 10.6 Å². The van der Waals surface area contributed by atoms with Crippen molar-refractivity contribution in [2.75, 3.05) is 0 Å². The van der Waals surface area contributed by atoms with E-state index in [1.54, 1.807) is 0 Å². The van der Waals surface area contributed by atoms with Crippen LogP contribution in [0.25, 0.3) is 0 Å². The smallest absolute Gasteiger partial charge is 0.315 e. The Kier molecular flexibility index (Phi) is 6.56. The molecule has 0 aromatic heterocycles. The summed E-state index contributed by atoms with van der Waals surface area (Å²) in [6.07, 6.45) is 1.36. The van der Waals surface area contributed by atoms with Crippen molar-refractivity contribution in [2.45, 2.75) is 45.7 Å². The van der Waals surface area contributed by atoms with Crippen LogP contribution >= 0.6 is 0 Å². The summed E-state index contributed by atoms with van der Waals surface area (Å²) in [5, 5.41) is 14.1. The highest BCUT2D eigenvalue weighted by atomic mass is 16.4. The molecule has 5 heteroatoms. The first kappa shape index (κ1) is 16.0. The van der Waals surface area contributed by atoms with Crippen molar-refractivity contribution in [3.05, 3.63) is 35.4 Å². The largest absolute Gasteiger partial charge is 0.481 e. The van der Waals surface area contributed by atoms with Crippen molar-refractivity contribution >= 4 is 12.0 Å². The molecule has 3 N–H and O–H groups in total. The number of aliphatic carboxylic acids is 1. The molecule has 1 unspecified atom stereocenters. The predicted molar refractivity (Wildman–Crippen MR) is 77.5 cm³/mol. The van der Waals surface area contributed by atoms with Crippen LogP contribution in [0.2, 0.25) is 0 Å². The number of aryl methyl sites for hydroxylation is 1. The molecule has 0 fully saturated rings. The highest BCUT2D eigenvalue weighted by Crippen LogP contribution is 2.03. The maximum atomic E-state index is 11.7. The Hall–Kier alpha value is -2.04. The monoisotopic (exact) mass is 278 g/mol. The molecule has 2 amide bonds. The molecule has 0 aliphatic rings. The third kappa shape index (κ3) is 6.78. The maximum absolute atomic E-state index is 11.7. The zero-order chi connectivity index (χ0) is 15.0. The van der Waals surface area contributed by atoms with Crippen molar-refractivity contribution in [1.82, 2.24) is 10.6 Å². The molecular weight excluding hydrogens is 256 g/mol. The summed E-state index contributed by atoms with van der Waals surface area (Å²) in [4.78, 5) is 22.1. The molecule has 0 saturated heterocycles. The number of urea groups is 1. The van der Waals surface area contributed by atoms with Gasteiger partial charge in [0.25, 0.3) is 0 Å². The van der Waals surface area contributed by atoms with Crippen molar-refractivity contribution in [1.29, 1.82) is 0 Å². The number of nitrogens with one attached hydrogen (secondary N) is 2. The van der Waals surface area contributed by atoms with Gasteiger partial charge in [-0.2, -0.15) is 0 Å². The zero-order valence-electron chi connectivity index (χ0n) is 12.0. The topological polar surface area (TPSA) is 78.4 Å². The van der Waals surface area contributed by atoms with Crippen LogP contribution < -0.4 is 10.6 Å². The lowest BCUT2D eigenvalue weighted by Gasteiger charge is -2.14. The minimum atomic E-state index is -0.805. The Morgan fingerprint density at radius 1 is 1.35 bits per heavy atom. The first-order valence-corrected chi connectivity index (χ1v) is 6.79. The van der Waals surface area contributed by atoms with Gasteiger partial charge in [-0.3, -0.25) is 4.79 Å². The Morgan fingerprint density at radius 3 is 2.75 bits per heavy atom. The van der Waals surface area contributed by atoms with Gasteiger partial charge in [-0.05, 0) is 32.3 Å². The number of rotatable bonds is 7. The lowest BCUT2D eigenvalue weighted by Crippen LogP contribution is -2.40. The third-order valence-corrected chi connectivity index (χ3v) is 2.94. The summed E-state index contributed by atoms with van der Waals surface area (Å²) in [6.45, 7) is 4.36. The van der Waals surface area contributed by atoms with Gasteiger partial charge in [0, 0.05) is 19.0 Å². The number of carbonyl (C=O) groups is 2. The van der Waals surface area contributed by atoms with Crippen LogP contribution in [0.4, 0.5) is 4.79 Å². The molecule has 0 bridgehead atoms. The first-order valence-electron chi connectivity index (χ1n) is 6.79. The summed E-state index contributed by atoms with van der Waals surface area (Å²) < 4.78 is 0. The van der Waals surface area contributed by atoms with Gasteiger partial charge < -0.3 is 15.7 Å². The summed E-state index contributed by atoms with van der Waals surface area (Å²) in [5.74, 6) is -0.805. The van der Waals surface area contributed by atoms with Gasteiger partial charge in [0.15, 0.2) is 0 Å². The number of carboxylic acid groups (broad SMARTS) is 1. The lowest BCUT2D eigenvalue weighted by molar-refractivity contribution is -0.137. The fourth-order valence-electron chi connectivity index (χ4n) is 1.91. The molecule has 0 aliphatic carbocycles. The van der Waals surface area contributed by atoms with Crippen molar-refractivity contribution in [3.63, 3.8) is 0 Å². The van der Waals surface area contributed by atoms with Crippen LogP contribution in [0.5, 0.6) is 0 Å².